The van der Waals surface area contributed by atoms with Gasteiger partial charge in [0.25, 0.3) is 0 Å². The predicted molar refractivity (Wildman–Crippen MR) is 54.7 cm³/mol. The van der Waals surface area contributed by atoms with Crippen molar-refractivity contribution < 1.29 is 9.53 Å². The first kappa shape index (κ1) is 8.56. The number of ether oxygens (including phenoxy) is 1. The molecule has 2 aromatic rings. The molecule has 2 aromatic carbocycles. The minimum Gasteiger partial charge on any atom is -0.415 e. The lowest BCUT2D eigenvalue weighted by Crippen LogP contribution is -1.95. The molecule has 2 N–H and O–H groups in total. The molecule has 0 aliphatic rings. The third kappa shape index (κ3) is 1.29. The van der Waals surface area contributed by atoms with Crippen molar-refractivity contribution in [3.63, 3.8) is 0 Å². The zero-order valence-electron chi connectivity index (χ0n) is 7.36. The van der Waals surface area contributed by atoms with Gasteiger partial charge in [0.2, 0.25) is 0 Å². The molecule has 0 amide bonds. The Morgan fingerprint density at radius 3 is 2.71 bits per heavy atom. The number of hydrogen-bond acceptors (Lipinski definition) is 3. The van der Waals surface area contributed by atoms with Crippen molar-refractivity contribution in [2.24, 2.45) is 0 Å². The van der Waals surface area contributed by atoms with Gasteiger partial charge in [-0.2, -0.15) is 0 Å². The molecule has 0 bridgehead atoms. The lowest BCUT2D eigenvalue weighted by Gasteiger charge is -2.05. The van der Waals surface area contributed by atoms with Crippen LogP contribution in [0.4, 0.5) is 5.69 Å². The van der Waals surface area contributed by atoms with Gasteiger partial charge >= 0.3 is 6.47 Å². The zero-order chi connectivity index (χ0) is 9.97. The summed E-state index contributed by atoms with van der Waals surface area (Å²) in [5.74, 6) is 0.373. The molecule has 0 fully saturated rings. The van der Waals surface area contributed by atoms with Crippen LogP contribution in [0.25, 0.3) is 10.8 Å². The van der Waals surface area contributed by atoms with E-state index in [1.165, 1.54) is 6.47 Å². The van der Waals surface area contributed by atoms with Gasteiger partial charge in [-0.25, -0.2) is 4.79 Å². The highest BCUT2D eigenvalue weighted by molar-refractivity contribution is 5.93. The van der Waals surface area contributed by atoms with E-state index < -0.39 is 0 Å². The number of nitrogens with two attached hydrogens (primary N) is 1. The maximum Gasteiger partial charge on any atom is 0.423 e. The molecule has 0 unspecified atom stereocenters. The Balaban J connectivity index is 2.75. The van der Waals surface area contributed by atoms with Crippen molar-refractivity contribution in [3.8, 4) is 5.75 Å². The molecule has 14 heavy (non-hydrogen) atoms. The molecule has 2 rings (SSSR count). The van der Waals surface area contributed by atoms with Gasteiger partial charge in [0.05, 0.1) is 5.69 Å². The average Bonchev–Trinajstić information content (AvgIpc) is 2.23. The molecule has 1 radical (unpaired) electrons. The van der Waals surface area contributed by atoms with E-state index in [1.54, 1.807) is 6.07 Å². The fourth-order valence-electron chi connectivity index (χ4n) is 1.42. The van der Waals surface area contributed by atoms with Crippen molar-refractivity contribution in [2.45, 2.75) is 0 Å². The van der Waals surface area contributed by atoms with Gasteiger partial charge in [0, 0.05) is 5.39 Å². The Bertz CT molecular complexity index is 480. The lowest BCUT2D eigenvalue weighted by molar-refractivity contribution is 0.446. The second-order valence-electron chi connectivity index (χ2n) is 2.89. The smallest absolute Gasteiger partial charge is 0.415 e. The largest absolute Gasteiger partial charge is 0.423 e. The molecule has 3 nitrogen and oxygen atoms in total. The van der Waals surface area contributed by atoms with E-state index in [0.717, 1.165) is 10.8 Å². The Morgan fingerprint density at radius 2 is 1.93 bits per heavy atom. The molecule has 0 aliphatic carbocycles. The number of hydrogen-bond donors (Lipinski definition) is 1. The maximum absolute atomic E-state index is 10.2. The monoisotopic (exact) mass is 186 g/mol. The maximum atomic E-state index is 10.2. The van der Waals surface area contributed by atoms with Gasteiger partial charge < -0.3 is 10.5 Å². The first-order valence-electron chi connectivity index (χ1n) is 4.14. The topological polar surface area (TPSA) is 52.3 Å². The second-order valence-corrected chi connectivity index (χ2v) is 2.89. The van der Waals surface area contributed by atoms with Crippen LogP contribution in [0, 0.1) is 0 Å². The normalized spacial score (nSPS) is 10.0. The highest BCUT2D eigenvalue weighted by Crippen LogP contribution is 2.31. The number of fused-ring (bicyclic) bond motifs is 1. The molecule has 0 heterocycles. The molecular formula is C11H8NO2. The van der Waals surface area contributed by atoms with Crippen LogP contribution in [0.3, 0.4) is 0 Å². The minimum absolute atomic E-state index is 0.373. The van der Waals surface area contributed by atoms with Crippen molar-refractivity contribution in [1.29, 1.82) is 0 Å². The van der Waals surface area contributed by atoms with Crippen LogP contribution in [0.5, 0.6) is 5.75 Å². The van der Waals surface area contributed by atoms with Gasteiger partial charge in [-0.05, 0) is 11.5 Å². The Hall–Kier alpha value is -2.03. The standard InChI is InChI=1S/C11H8NO2/c12-10-6-5-8-3-1-2-4-9(8)11(10)14-7-13/h1-6H,12H2. The molecule has 0 saturated heterocycles. The molecule has 0 aromatic heterocycles. The number of rotatable bonds is 2. The highest BCUT2D eigenvalue weighted by atomic mass is 16.5. The minimum atomic E-state index is 0.373. The third-order valence-corrected chi connectivity index (χ3v) is 2.05. The van der Waals surface area contributed by atoms with Crippen molar-refractivity contribution in [3.05, 3.63) is 36.4 Å². The summed E-state index contributed by atoms with van der Waals surface area (Å²) in [7, 11) is 0. The quantitative estimate of drug-likeness (QED) is 0.728. The Kier molecular flexibility index (Phi) is 2.07. The SMILES string of the molecule is Nc1ccc2ccccc2c1O[C]=O. The summed E-state index contributed by atoms with van der Waals surface area (Å²) in [6.07, 6.45) is 0. The van der Waals surface area contributed by atoms with E-state index >= 15 is 0 Å². The molecule has 0 atom stereocenters. The molecule has 0 aliphatic heterocycles. The predicted octanol–water partition coefficient (Wildman–Crippen LogP) is 1.87. The van der Waals surface area contributed by atoms with Gasteiger partial charge in [0.1, 0.15) is 0 Å². The van der Waals surface area contributed by atoms with E-state index in [0.29, 0.717) is 11.4 Å². The molecule has 3 heteroatoms. The fourth-order valence-corrected chi connectivity index (χ4v) is 1.42. The lowest BCUT2D eigenvalue weighted by atomic mass is 10.1. The van der Waals surface area contributed by atoms with Crippen molar-refractivity contribution in [1.82, 2.24) is 0 Å². The number of nitrogen functional groups attached to an aromatic ring is 1. The summed E-state index contributed by atoms with van der Waals surface area (Å²) in [5, 5.41) is 1.79. The molecule has 69 valence electrons. The summed E-state index contributed by atoms with van der Waals surface area (Å²) >= 11 is 0. The van der Waals surface area contributed by atoms with Crippen LogP contribution >= 0.6 is 0 Å². The number of benzene rings is 2. The van der Waals surface area contributed by atoms with Crippen LogP contribution in [-0.2, 0) is 4.79 Å². The first-order valence-corrected chi connectivity index (χ1v) is 4.14. The third-order valence-electron chi connectivity index (χ3n) is 2.05. The first-order chi connectivity index (χ1) is 6.83. The molecule has 0 spiro atoms. The zero-order valence-corrected chi connectivity index (χ0v) is 7.36. The summed E-state index contributed by atoms with van der Waals surface area (Å²) in [6.45, 7) is 1.39. The molecular weight excluding hydrogens is 178 g/mol. The fraction of sp³-hybridized carbons (Fsp3) is 0. The highest BCUT2D eigenvalue weighted by Gasteiger charge is 2.05. The average molecular weight is 186 g/mol. The summed E-state index contributed by atoms with van der Waals surface area (Å²) in [6, 6.07) is 11.1. The van der Waals surface area contributed by atoms with E-state index in [4.69, 9.17) is 10.5 Å². The van der Waals surface area contributed by atoms with E-state index in [9.17, 15) is 4.79 Å². The van der Waals surface area contributed by atoms with E-state index in [1.807, 2.05) is 30.3 Å². The molecule has 0 saturated carbocycles. The number of anilines is 1. The van der Waals surface area contributed by atoms with Crippen LogP contribution in [0.1, 0.15) is 0 Å². The van der Waals surface area contributed by atoms with Gasteiger partial charge in [0.15, 0.2) is 5.75 Å². The van der Waals surface area contributed by atoms with Crippen molar-refractivity contribution >= 4 is 22.9 Å². The Labute approximate surface area is 81.1 Å². The van der Waals surface area contributed by atoms with Crippen LogP contribution in [0.15, 0.2) is 36.4 Å². The Morgan fingerprint density at radius 1 is 1.14 bits per heavy atom. The van der Waals surface area contributed by atoms with Crippen LogP contribution < -0.4 is 10.5 Å². The van der Waals surface area contributed by atoms with Gasteiger partial charge in [-0.3, -0.25) is 0 Å². The van der Waals surface area contributed by atoms with Crippen LogP contribution in [-0.4, -0.2) is 6.47 Å². The second kappa shape index (κ2) is 3.38. The van der Waals surface area contributed by atoms with E-state index in [-0.39, 0.29) is 0 Å². The summed E-state index contributed by atoms with van der Waals surface area (Å²) < 4.78 is 4.72. The summed E-state index contributed by atoms with van der Waals surface area (Å²) in [5.41, 5.74) is 6.11. The summed E-state index contributed by atoms with van der Waals surface area (Å²) in [4.78, 5) is 10.2. The number of carbonyl (C=O) groups excluding carboxylic acids is 1. The van der Waals surface area contributed by atoms with Crippen LogP contribution in [0.2, 0.25) is 0 Å². The van der Waals surface area contributed by atoms with Crippen molar-refractivity contribution in [2.75, 3.05) is 5.73 Å². The van der Waals surface area contributed by atoms with Gasteiger partial charge in [-0.15, -0.1) is 0 Å². The van der Waals surface area contributed by atoms with Gasteiger partial charge in [-0.1, -0.05) is 30.3 Å². The van der Waals surface area contributed by atoms with E-state index in [2.05, 4.69) is 0 Å².